The number of thiocarbonyl (C=S) groups is 1. The van der Waals surface area contributed by atoms with Crippen LogP contribution in [0.4, 0.5) is 18.9 Å². The molecule has 4 nitrogen and oxygen atoms in total. The molecule has 2 rings (SSSR count). The number of hydrogen-bond acceptors (Lipinski definition) is 3. The van der Waals surface area contributed by atoms with Gasteiger partial charge in [-0.3, -0.25) is 10.9 Å². The van der Waals surface area contributed by atoms with E-state index in [1.165, 1.54) is 12.1 Å². The lowest BCUT2D eigenvalue weighted by Gasteiger charge is -2.14. The summed E-state index contributed by atoms with van der Waals surface area (Å²) in [5, 5.41) is 3.21. The Bertz CT molecular complexity index is 690. The molecule has 0 unspecified atom stereocenters. The van der Waals surface area contributed by atoms with E-state index in [4.69, 9.17) is 17.0 Å². The van der Waals surface area contributed by atoms with Gasteiger partial charge in [-0.1, -0.05) is 18.2 Å². The molecule has 24 heavy (non-hydrogen) atoms. The smallest absolute Gasteiger partial charge is 0.416 e. The summed E-state index contributed by atoms with van der Waals surface area (Å²) in [6.07, 6.45) is -4.38. The van der Waals surface area contributed by atoms with Crippen molar-refractivity contribution in [2.45, 2.75) is 12.7 Å². The Labute approximate surface area is 143 Å². The Morgan fingerprint density at radius 3 is 2.46 bits per heavy atom. The van der Waals surface area contributed by atoms with Crippen LogP contribution in [0, 0.1) is 0 Å². The summed E-state index contributed by atoms with van der Waals surface area (Å²) < 4.78 is 43.0. The largest absolute Gasteiger partial charge is 0.497 e. The van der Waals surface area contributed by atoms with Gasteiger partial charge in [-0.2, -0.15) is 13.2 Å². The summed E-state index contributed by atoms with van der Waals surface area (Å²) in [6.45, 7) is 0.472. The summed E-state index contributed by atoms with van der Waals surface area (Å²) in [5.41, 5.74) is 5.80. The highest BCUT2D eigenvalue weighted by molar-refractivity contribution is 7.80. The number of hydrazine groups is 1. The predicted molar refractivity (Wildman–Crippen MR) is 90.6 cm³/mol. The molecule has 2 aromatic rings. The van der Waals surface area contributed by atoms with E-state index in [0.29, 0.717) is 6.54 Å². The molecule has 0 saturated heterocycles. The molecule has 128 valence electrons. The molecule has 0 aliphatic carbocycles. The topological polar surface area (TPSA) is 45.3 Å². The minimum atomic E-state index is -4.38. The highest BCUT2D eigenvalue weighted by Gasteiger charge is 2.30. The Morgan fingerprint density at radius 2 is 1.83 bits per heavy atom. The number of methoxy groups -OCH3 is 1. The first-order chi connectivity index (χ1) is 11.4. The fraction of sp³-hybridized carbons (Fsp3) is 0.188. The van der Waals surface area contributed by atoms with E-state index >= 15 is 0 Å². The lowest BCUT2D eigenvalue weighted by Crippen LogP contribution is -2.38. The van der Waals surface area contributed by atoms with Gasteiger partial charge in [0, 0.05) is 6.54 Å². The number of halogens is 3. The fourth-order valence-electron chi connectivity index (χ4n) is 1.87. The molecule has 0 saturated carbocycles. The van der Waals surface area contributed by atoms with Gasteiger partial charge in [0.05, 0.1) is 18.4 Å². The third-order valence-corrected chi connectivity index (χ3v) is 3.37. The van der Waals surface area contributed by atoms with Gasteiger partial charge in [0.15, 0.2) is 5.11 Å². The molecule has 0 aromatic heterocycles. The highest BCUT2D eigenvalue weighted by Crippen LogP contribution is 2.30. The zero-order chi connectivity index (χ0) is 17.6. The van der Waals surface area contributed by atoms with Gasteiger partial charge in [0.1, 0.15) is 5.75 Å². The standard InChI is InChI=1S/C16H16F3N3OS/c1-23-14-7-5-11(6-8-14)10-20-15(24)22-21-13-4-2-3-12(9-13)16(17,18)19/h2-9,21H,10H2,1H3,(H2,20,22,24). The van der Waals surface area contributed by atoms with Gasteiger partial charge >= 0.3 is 6.18 Å². The van der Waals surface area contributed by atoms with E-state index in [2.05, 4.69) is 16.2 Å². The Hall–Kier alpha value is -2.48. The van der Waals surface area contributed by atoms with Crippen molar-refractivity contribution in [1.29, 1.82) is 0 Å². The van der Waals surface area contributed by atoms with E-state index in [1.807, 2.05) is 24.3 Å². The van der Waals surface area contributed by atoms with E-state index in [-0.39, 0.29) is 10.8 Å². The van der Waals surface area contributed by atoms with Crippen LogP contribution in [0.3, 0.4) is 0 Å². The summed E-state index contributed by atoms with van der Waals surface area (Å²) in [4.78, 5) is 0. The molecular formula is C16H16F3N3OS. The third-order valence-electron chi connectivity index (χ3n) is 3.12. The lowest BCUT2D eigenvalue weighted by atomic mass is 10.2. The molecule has 3 N–H and O–H groups in total. The van der Waals surface area contributed by atoms with Crippen molar-refractivity contribution in [3.05, 3.63) is 59.7 Å². The van der Waals surface area contributed by atoms with E-state index in [9.17, 15) is 13.2 Å². The Balaban J connectivity index is 1.82. The van der Waals surface area contributed by atoms with E-state index < -0.39 is 11.7 Å². The van der Waals surface area contributed by atoms with Crippen molar-refractivity contribution in [3.8, 4) is 5.75 Å². The van der Waals surface area contributed by atoms with Crippen LogP contribution in [-0.4, -0.2) is 12.2 Å². The molecule has 0 aliphatic heterocycles. The summed E-state index contributed by atoms with van der Waals surface area (Å²) in [6, 6.07) is 12.3. The van der Waals surface area contributed by atoms with Gasteiger partial charge in [0.25, 0.3) is 0 Å². The van der Waals surface area contributed by atoms with Gasteiger partial charge in [0.2, 0.25) is 0 Å². The number of benzene rings is 2. The number of alkyl halides is 3. The summed E-state index contributed by atoms with van der Waals surface area (Å²) in [5.74, 6) is 0.755. The predicted octanol–water partition coefficient (Wildman–Crippen LogP) is 3.71. The second-order valence-corrected chi connectivity index (χ2v) is 5.27. The molecule has 0 spiro atoms. The van der Waals surface area contributed by atoms with Crippen LogP contribution in [-0.2, 0) is 12.7 Å². The van der Waals surface area contributed by atoms with Crippen molar-refractivity contribution >= 4 is 23.0 Å². The third kappa shape index (κ3) is 5.31. The van der Waals surface area contributed by atoms with Crippen LogP contribution in [0.5, 0.6) is 5.75 Å². The minimum Gasteiger partial charge on any atom is -0.497 e. The number of rotatable bonds is 5. The van der Waals surface area contributed by atoms with Crippen LogP contribution in [0.15, 0.2) is 48.5 Å². The first-order valence-corrected chi connectivity index (χ1v) is 7.39. The number of ether oxygens (including phenoxy) is 1. The van der Waals surface area contributed by atoms with Crippen molar-refractivity contribution < 1.29 is 17.9 Å². The monoisotopic (exact) mass is 355 g/mol. The SMILES string of the molecule is COc1ccc(CNC(=S)NNc2cccc(C(F)(F)F)c2)cc1. The number of hydrogen-bond donors (Lipinski definition) is 3. The quantitative estimate of drug-likeness (QED) is 0.564. The summed E-state index contributed by atoms with van der Waals surface area (Å²) in [7, 11) is 1.59. The maximum atomic E-state index is 12.6. The number of nitrogens with one attached hydrogen (secondary N) is 3. The average Bonchev–Trinajstić information content (AvgIpc) is 2.58. The molecule has 0 heterocycles. The molecule has 0 aliphatic rings. The second-order valence-electron chi connectivity index (χ2n) is 4.86. The van der Waals surface area contributed by atoms with Gasteiger partial charge in [-0.25, -0.2) is 0 Å². The molecule has 8 heteroatoms. The van der Waals surface area contributed by atoms with Gasteiger partial charge < -0.3 is 10.1 Å². The minimum absolute atomic E-state index is 0.262. The maximum Gasteiger partial charge on any atom is 0.416 e. The van der Waals surface area contributed by atoms with Crippen LogP contribution >= 0.6 is 12.2 Å². The van der Waals surface area contributed by atoms with Crippen molar-refractivity contribution in [3.63, 3.8) is 0 Å². The van der Waals surface area contributed by atoms with Crippen molar-refractivity contribution in [2.24, 2.45) is 0 Å². The van der Waals surface area contributed by atoms with E-state index in [1.54, 1.807) is 7.11 Å². The normalized spacial score (nSPS) is 10.8. The molecule has 0 radical (unpaired) electrons. The van der Waals surface area contributed by atoms with Crippen LogP contribution in [0.1, 0.15) is 11.1 Å². The first-order valence-electron chi connectivity index (χ1n) is 6.98. The number of anilines is 1. The van der Waals surface area contributed by atoms with Crippen LogP contribution in [0.2, 0.25) is 0 Å². The summed E-state index contributed by atoms with van der Waals surface area (Å²) >= 11 is 5.08. The lowest BCUT2D eigenvalue weighted by molar-refractivity contribution is -0.137. The van der Waals surface area contributed by atoms with Crippen molar-refractivity contribution in [1.82, 2.24) is 10.7 Å². The molecule has 0 fully saturated rings. The highest BCUT2D eigenvalue weighted by atomic mass is 32.1. The average molecular weight is 355 g/mol. The maximum absolute atomic E-state index is 12.6. The second kappa shape index (κ2) is 7.87. The molecule has 0 amide bonds. The first kappa shape index (κ1) is 17.9. The van der Waals surface area contributed by atoms with Crippen LogP contribution < -0.4 is 20.9 Å². The van der Waals surface area contributed by atoms with Gasteiger partial charge in [-0.15, -0.1) is 0 Å². The van der Waals surface area contributed by atoms with E-state index in [0.717, 1.165) is 23.4 Å². The Kier molecular flexibility index (Phi) is 5.86. The Morgan fingerprint density at radius 1 is 1.12 bits per heavy atom. The zero-order valence-corrected chi connectivity index (χ0v) is 13.6. The van der Waals surface area contributed by atoms with Crippen LogP contribution in [0.25, 0.3) is 0 Å². The van der Waals surface area contributed by atoms with Crippen molar-refractivity contribution in [2.75, 3.05) is 12.5 Å². The molecule has 0 bridgehead atoms. The molecule has 2 aromatic carbocycles. The zero-order valence-electron chi connectivity index (χ0n) is 12.8. The molecular weight excluding hydrogens is 339 g/mol. The fourth-order valence-corrected chi connectivity index (χ4v) is 2.00. The molecule has 0 atom stereocenters. The van der Waals surface area contributed by atoms with Gasteiger partial charge in [-0.05, 0) is 48.1 Å².